The van der Waals surface area contributed by atoms with E-state index in [9.17, 15) is 9.18 Å². The summed E-state index contributed by atoms with van der Waals surface area (Å²) in [7, 11) is 0. The fourth-order valence-electron chi connectivity index (χ4n) is 2.31. The van der Waals surface area contributed by atoms with E-state index < -0.39 is 11.8 Å². The van der Waals surface area contributed by atoms with E-state index in [1.807, 2.05) is 6.07 Å². The standard InChI is InChI=1S/C19H15ClFNO3/c1-2-24-19(23)14-8-13-4-5-15(9-18(13)22-10-14)25-11-12-3-6-17(21)16(20)7-12/h3-10H,2,11H2,1H3. The van der Waals surface area contributed by atoms with Crippen LogP contribution in [0, 0.1) is 5.82 Å². The summed E-state index contributed by atoms with van der Waals surface area (Å²) in [5, 5.41) is 0.871. The summed E-state index contributed by atoms with van der Waals surface area (Å²) in [5.41, 5.74) is 1.86. The minimum atomic E-state index is -0.460. The normalized spacial score (nSPS) is 10.7. The van der Waals surface area contributed by atoms with Crippen LogP contribution in [0.1, 0.15) is 22.8 Å². The van der Waals surface area contributed by atoms with Crippen LogP contribution in [0.5, 0.6) is 5.75 Å². The van der Waals surface area contributed by atoms with Gasteiger partial charge in [0.05, 0.1) is 22.7 Å². The number of fused-ring (bicyclic) bond motifs is 1. The second kappa shape index (κ2) is 7.49. The molecule has 0 amide bonds. The van der Waals surface area contributed by atoms with Crippen LogP contribution in [0.3, 0.4) is 0 Å². The molecule has 2 aromatic carbocycles. The third-order valence-corrected chi connectivity index (χ3v) is 3.85. The van der Waals surface area contributed by atoms with E-state index in [2.05, 4.69) is 4.98 Å². The molecular weight excluding hydrogens is 345 g/mol. The summed E-state index contributed by atoms with van der Waals surface area (Å²) in [4.78, 5) is 16.0. The van der Waals surface area contributed by atoms with Crippen molar-refractivity contribution in [3.63, 3.8) is 0 Å². The Balaban J connectivity index is 1.75. The summed E-state index contributed by atoms with van der Waals surface area (Å²) < 4.78 is 23.8. The van der Waals surface area contributed by atoms with E-state index in [1.54, 1.807) is 31.2 Å². The lowest BCUT2D eigenvalue weighted by Crippen LogP contribution is -2.05. The molecule has 0 aliphatic carbocycles. The average Bonchev–Trinajstić information content (AvgIpc) is 2.62. The number of nitrogens with zero attached hydrogens (tertiary/aromatic N) is 1. The maximum Gasteiger partial charge on any atom is 0.339 e. The number of esters is 1. The Morgan fingerprint density at radius 2 is 2.04 bits per heavy atom. The lowest BCUT2D eigenvalue weighted by Gasteiger charge is -2.08. The molecule has 0 unspecified atom stereocenters. The predicted octanol–water partition coefficient (Wildman–Crippen LogP) is 4.78. The van der Waals surface area contributed by atoms with E-state index in [4.69, 9.17) is 21.1 Å². The van der Waals surface area contributed by atoms with Crippen molar-refractivity contribution in [1.29, 1.82) is 0 Å². The van der Waals surface area contributed by atoms with Gasteiger partial charge in [-0.05, 0) is 42.8 Å². The molecule has 25 heavy (non-hydrogen) atoms. The molecule has 0 bridgehead atoms. The highest BCUT2D eigenvalue weighted by molar-refractivity contribution is 6.30. The molecule has 0 N–H and O–H groups in total. The predicted molar refractivity (Wildman–Crippen MR) is 93.4 cm³/mol. The van der Waals surface area contributed by atoms with Crippen LogP contribution in [0.2, 0.25) is 5.02 Å². The Morgan fingerprint density at radius 3 is 2.80 bits per heavy atom. The van der Waals surface area contributed by atoms with Gasteiger partial charge in [0.2, 0.25) is 0 Å². The van der Waals surface area contributed by atoms with Crippen molar-refractivity contribution >= 4 is 28.5 Å². The third kappa shape index (κ3) is 4.06. The van der Waals surface area contributed by atoms with Crippen molar-refractivity contribution < 1.29 is 18.7 Å². The van der Waals surface area contributed by atoms with E-state index in [1.165, 1.54) is 18.3 Å². The Kier molecular flexibility index (Phi) is 5.14. The van der Waals surface area contributed by atoms with E-state index in [0.717, 1.165) is 10.9 Å². The van der Waals surface area contributed by atoms with Gasteiger partial charge in [-0.15, -0.1) is 0 Å². The maximum atomic E-state index is 13.2. The summed E-state index contributed by atoms with van der Waals surface area (Å²) in [5.74, 6) is -0.243. The number of rotatable bonds is 5. The number of halogens is 2. The molecule has 0 radical (unpaired) electrons. The van der Waals surface area contributed by atoms with Gasteiger partial charge in [-0.25, -0.2) is 9.18 Å². The van der Waals surface area contributed by atoms with Gasteiger partial charge in [-0.1, -0.05) is 17.7 Å². The Morgan fingerprint density at radius 1 is 1.20 bits per heavy atom. The number of hydrogen-bond donors (Lipinski definition) is 0. The monoisotopic (exact) mass is 359 g/mol. The zero-order valence-electron chi connectivity index (χ0n) is 13.5. The highest BCUT2D eigenvalue weighted by Gasteiger charge is 2.09. The van der Waals surface area contributed by atoms with Crippen molar-refractivity contribution in [2.75, 3.05) is 6.61 Å². The van der Waals surface area contributed by atoms with E-state index in [0.29, 0.717) is 23.4 Å². The Hall–Kier alpha value is -2.66. The Labute approximate surface area is 149 Å². The molecule has 1 heterocycles. The van der Waals surface area contributed by atoms with Crippen LogP contribution in [-0.4, -0.2) is 17.6 Å². The molecule has 0 atom stereocenters. The largest absolute Gasteiger partial charge is 0.489 e. The summed E-state index contributed by atoms with van der Waals surface area (Å²) in [6.07, 6.45) is 1.48. The second-order valence-electron chi connectivity index (χ2n) is 5.34. The van der Waals surface area contributed by atoms with Crippen LogP contribution in [0.15, 0.2) is 48.7 Å². The molecule has 0 saturated heterocycles. The molecule has 4 nitrogen and oxygen atoms in total. The first kappa shape index (κ1) is 17.2. The topological polar surface area (TPSA) is 48.4 Å². The van der Waals surface area contributed by atoms with E-state index in [-0.39, 0.29) is 11.6 Å². The first-order chi connectivity index (χ1) is 12.1. The first-order valence-electron chi connectivity index (χ1n) is 7.70. The molecule has 3 rings (SSSR count). The third-order valence-electron chi connectivity index (χ3n) is 3.56. The molecule has 3 aromatic rings. The number of hydrogen-bond acceptors (Lipinski definition) is 4. The average molecular weight is 360 g/mol. The van der Waals surface area contributed by atoms with Gasteiger partial charge in [-0.2, -0.15) is 0 Å². The summed E-state index contributed by atoms with van der Waals surface area (Å²) in [6.45, 7) is 2.33. The number of aromatic nitrogens is 1. The van der Waals surface area contributed by atoms with Crippen LogP contribution in [-0.2, 0) is 11.3 Å². The number of pyridine rings is 1. The highest BCUT2D eigenvalue weighted by atomic mass is 35.5. The molecular formula is C19H15ClFNO3. The lowest BCUT2D eigenvalue weighted by molar-refractivity contribution is 0.0526. The van der Waals surface area contributed by atoms with Gasteiger partial charge in [0.1, 0.15) is 18.2 Å². The first-order valence-corrected chi connectivity index (χ1v) is 8.08. The molecule has 128 valence electrons. The second-order valence-corrected chi connectivity index (χ2v) is 5.74. The quantitative estimate of drug-likeness (QED) is 0.615. The van der Waals surface area contributed by atoms with Crippen LogP contribution >= 0.6 is 11.6 Å². The lowest BCUT2D eigenvalue weighted by atomic mass is 10.1. The van der Waals surface area contributed by atoms with Gasteiger partial charge in [0.25, 0.3) is 0 Å². The summed E-state index contributed by atoms with van der Waals surface area (Å²) in [6, 6.07) is 11.6. The van der Waals surface area contributed by atoms with Gasteiger partial charge in [0.15, 0.2) is 0 Å². The fourth-order valence-corrected chi connectivity index (χ4v) is 2.52. The minimum Gasteiger partial charge on any atom is -0.489 e. The zero-order chi connectivity index (χ0) is 17.8. The zero-order valence-corrected chi connectivity index (χ0v) is 14.2. The number of carbonyl (C=O) groups is 1. The van der Waals surface area contributed by atoms with Crippen molar-refractivity contribution in [3.8, 4) is 5.75 Å². The van der Waals surface area contributed by atoms with Crippen molar-refractivity contribution in [1.82, 2.24) is 4.98 Å². The SMILES string of the molecule is CCOC(=O)c1cnc2cc(OCc3ccc(F)c(Cl)c3)ccc2c1. The Bertz CT molecular complexity index is 930. The number of carbonyl (C=O) groups excluding carboxylic acids is 1. The van der Waals surface area contributed by atoms with Crippen molar-refractivity contribution in [2.24, 2.45) is 0 Å². The van der Waals surface area contributed by atoms with Gasteiger partial charge < -0.3 is 9.47 Å². The molecule has 0 fully saturated rings. The van der Waals surface area contributed by atoms with Crippen molar-refractivity contribution in [3.05, 3.63) is 70.6 Å². The molecule has 6 heteroatoms. The van der Waals surface area contributed by atoms with Gasteiger partial charge >= 0.3 is 5.97 Å². The van der Waals surface area contributed by atoms with Crippen LogP contribution in [0.25, 0.3) is 10.9 Å². The molecule has 0 aliphatic rings. The van der Waals surface area contributed by atoms with Crippen molar-refractivity contribution in [2.45, 2.75) is 13.5 Å². The van der Waals surface area contributed by atoms with Gasteiger partial charge in [-0.3, -0.25) is 4.98 Å². The summed E-state index contributed by atoms with van der Waals surface area (Å²) >= 11 is 5.76. The minimum absolute atomic E-state index is 0.0628. The van der Waals surface area contributed by atoms with E-state index >= 15 is 0 Å². The molecule has 0 spiro atoms. The van der Waals surface area contributed by atoms with Crippen LogP contribution < -0.4 is 4.74 Å². The highest BCUT2D eigenvalue weighted by Crippen LogP contribution is 2.22. The molecule has 0 saturated carbocycles. The van der Waals surface area contributed by atoms with Crippen LogP contribution in [0.4, 0.5) is 4.39 Å². The fraction of sp³-hybridized carbons (Fsp3) is 0.158. The number of ether oxygens (including phenoxy) is 2. The number of benzene rings is 2. The van der Waals surface area contributed by atoms with Gasteiger partial charge in [0, 0.05) is 17.6 Å². The molecule has 1 aromatic heterocycles. The maximum absolute atomic E-state index is 13.2. The smallest absolute Gasteiger partial charge is 0.339 e. The molecule has 0 aliphatic heterocycles.